The summed E-state index contributed by atoms with van der Waals surface area (Å²) in [6.45, 7) is 5.87. The number of nitrogens with one attached hydrogen (secondary N) is 1. The molecule has 2 amide bonds. The molecule has 0 aliphatic carbocycles. The molecule has 0 spiro atoms. The molecule has 2 atom stereocenters. The smallest absolute Gasteiger partial charge is 0.261 e. The molecular weight excluding hydrogens is 436 g/mol. The molecule has 0 radical (unpaired) electrons. The zero-order valence-corrected chi connectivity index (χ0v) is 20.9. The standard InChI is InChI=1S/C26H36N2O6/c1-7-18(3)27-26(30)24(8-2)28(16-19-9-11-20(31-4)12-10-19)25(29)17-34-23-14-21(32-5)13-22(15-23)33-6/h9-15,18,24H,7-8,16-17H2,1-6H3,(H,27,30)/t18-,24+/m0/s1. The van der Waals surface area contributed by atoms with Gasteiger partial charge in [0.25, 0.3) is 5.91 Å². The summed E-state index contributed by atoms with van der Waals surface area (Å²) in [6.07, 6.45) is 1.27. The highest BCUT2D eigenvalue weighted by Crippen LogP contribution is 2.27. The Morgan fingerprint density at radius 3 is 1.91 bits per heavy atom. The van der Waals surface area contributed by atoms with Crippen LogP contribution in [0, 0.1) is 0 Å². The molecule has 0 bridgehead atoms. The van der Waals surface area contributed by atoms with E-state index < -0.39 is 6.04 Å². The van der Waals surface area contributed by atoms with Gasteiger partial charge >= 0.3 is 0 Å². The van der Waals surface area contributed by atoms with E-state index in [1.165, 1.54) is 0 Å². The van der Waals surface area contributed by atoms with Crippen LogP contribution in [0.3, 0.4) is 0 Å². The molecule has 1 N–H and O–H groups in total. The van der Waals surface area contributed by atoms with Crippen LogP contribution in [0.5, 0.6) is 23.0 Å². The van der Waals surface area contributed by atoms with Crippen molar-refractivity contribution in [3.63, 3.8) is 0 Å². The molecule has 0 unspecified atom stereocenters. The van der Waals surface area contributed by atoms with Crippen molar-refractivity contribution < 1.29 is 28.5 Å². The van der Waals surface area contributed by atoms with Crippen LogP contribution >= 0.6 is 0 Å². The first-order valence-electron chi connectivity index (χ1n) is 11.4. The minimum Gasteiger partial charge on any atom is -0.497 e. The zero-order valence-electron chi connectivity index (χ0n) is 20.9. The third-order valence-corrected chi connectivity index (χ3v) is 5.59. The van der Waals surface area contributed by atoms with Gasteiger partial charge in [0.05, 0.1) is 21.3 Å². The fourth-order valence-electron chi connectivity index (χ4n) is 3.38. The van der Waals surface area contributed by atoms with Gasteiger partial charge < -0.3 is 29.2 Å². The molecule has 2 aromatic carbocycles. The van der Waals surface area contributed by atoms with Gasteiger partial charge in [0.1, 0.15) is 29.0 Å². The SMILES string of the molecule is CC[C@H](C(=O)N[C@@H](C)CC)N(Cc1ccc(OC)cc1)C(=O)COc1cc(OC)cc(OC)c1. The van der Waals surface area contributed by atoms with Gasteiger partial charge in [-0.25, -0.2) is 0 Å². The van der Waals surface area contributed by atoms with E-state index in [9.17, 15) is 9.59 Å². The van der Waals surface area contributed by atoms with E-state index in [4.69, 9.17) is 18.9 Å². The third-order valence-electron chi connectivity index (χ3n) is 5.59. The van der Waals surface area contributed by atoms with Gasteiger partial charge in [0.2, 0.25) is 5.91 Å². The fourth-order valence-corrected chi connectivity index (χ4v) is 3.38. The second kappa shape index (κ2) is 13.3. The normalized spacial score (nSPS) is 12.3. The molecule has 2 aromatic rings. The number of carbonyl (C=O) groups is 2. The summed E-state index contributed by atoms with van der Waals surface area (Å²) in [5.41, 5.74) is 0.881. The lowest BCUT2D eigenvalue weighted by Gasteiger charge is -2.31. The number of amides is 2. The first-order chi connectivity index (χ1) is 16.3. The van der Waals surface area contributed by atoms with Gasteiger partial charge in [0, 0.05) is 30.8 Å². The van der Waals surface area contributed by atoms with Crippen molar-refractivity contribution in [2.24, 2.45) is 0 Å². The van der Waals surface area contributed by atoms with E-state index in [1.54, 1.807) is 44.4 Å². The molecule has 0 aromatic heterocycles. The van der Waals surface area contributed by atoms with E-state index in [0.29, 0.717) is 23.7 Å². The number of methoxy groups -OCH3 is 3. The highest BCUT2D eigenvalue weighted by molar-refractivity contribution is 5.88. The highest BCUT2D eigenvalue weighted by atomic mass is 16.5. The van der Waals surface area contributed by atoms with Gasteiger partial charge in [-0.1, -0.05) is 26.0 Å². The van der Waals surface area contributed by atoms with Crippen LogP contribution in [-0.2, 0) is 16.1 Å². The molecule has 0 saturated carbocycles. The van der Waals surface area contributed by atoms with Gasteiger partial charge in [-0.05, 0) is 37.5 Å². The van der Waals surface area contributed by atoms with Gasteiger partial charge in [-0.15, -0.1) is 0 Å². The predicted molar refractivity (Wildman–Crippen MR) is 131 cm³/mol. The van der Waals surface area contributed by atoms with Gasteiger partial charge in [-0.3, -0.25) is 9.59 Å². The summed E-state index contributed by atoms with van der Waals surface area (Å²) in [5.74, 6) is 1.78. The lowest BCUT2D eigenvalue weighted by Crippen LogP contribution is -2.51. The quantitative estimate of drug-likeness (QED) is 0.477. The molecule has 0 saturated heterocycles. The molecule has 0 aliphatic heterocycles. The number of hydrogen-bond acceptors (Lipinski definition) is 6. The Bertz CT molecular complexity index is 909. The second-order valence-corrected chi connectivity index (χ2v) is 7.95. The van der Waals surface area contributed by atoms with Crippen LogP contribution in [0.15, 0.2) is 42.5 Å². The lowest BCUT2D eigenvalue weighted by atomic mass is 10.1. The zero-order chi connectivity index (χ0) is 25.1. The van der Waals surface area contributed by atoms with E-state index in [-0.39, 0.29) is 31.0 Å². The number of nitrogens with zero attached hydrogens (tertiary/aromatic N) is 1. The van der Waals surface area contributed by atoms with Gasteiger partial charge in [-0.2, -0.15) is 0 Å². The minimum atomic E-state index is -0.632. The van der Waals surface area contributed by atoms with Crippen molar-refractivity contribution >= 4 is 11.8 Å². The molecular formula is C26H36N2O6. The maximum Gasteiger partial charge on any atom is 0.261 e. The predicted octanol–water partition coefficient (Wildman–Crippen LogP) is 3.81. The first-order valence-corrected chi connectivity index (χ1v) is 11.4. The Kier molecular flexibility index (Phi) is 10.5. The largest absolute Gasteiger partial charge is 0.497 e. The lowest BCUT2D eigenvalue weighted by molar-refractivity contribution is -0.143. The van der Waals surface area contributed by atoms with Crippen molar-refractivity contribution in [3.8, 4) is 23.0 Å². The van der Waals surface area contributed by atoms with Crippen LogP contribution < -0.4 is 24.3 Å². The molecule has 2 rings (SSSR count). The molecule has 8 nitrogen and oxygen atoms in total. The van der Waals surface area contributed by atoms with Crippen LogP contribution in [0.4, 0.5) is 0 Å². The summed E-state index contributed by atoms with van der Waals surface area (Å²) in [4.78, 5) is 27.9. The molecule has 0 aliphatic rings. The Hall–Kier alpha value is -3.42. The van der Waals surface area contributed by atoms with Crippen molar-refractivity contribution in [1.82, 2.24) is 10.2 Å². The van der Waals surface area contributed by atoms with Crippen LogP contribution in [-0.4, -0.2) is 56.7 Å². The first kappa shape index (κ1) is 26.8. The van der Waals surface area contributed by atoms with Crippen LogP contribution in [0.25, 0.3) is 0 Å². The second-order valence-electron chi connectivity index (χ2n) is 7.95. The number of carbonyl (C=O) groups excluding carboxylic acids is 2. The number of ether oxygens (including phenoxy) is 4. The van der Waals surface area contributed by atoms with E-state index >= 15 is 0 Å². The van der Waals surface area contributed by atoms with Crippen LogP contribution in [0.1, 0.15) is 39.2 Å². The van der Waals surface area contributed by atoms with Gasteiger partial charge in [0.15, 0.2) is 6.61 Å². The van der Waals surface area contributed by atoms with Crippen molar-refractivity contribution in [1.29, 1.82) is 0 Å². The summed E-state index contributed by atoms with van der Waals surface area (Å²) in [5, 5.41) is 3.00. The van der Waals surface area contributed by atoms with E-state index in [1.807, 2.05) is 45.0 Å². The fraction of sp³-hybridized carbons (Fsp3) is 0.462. The Morgan fingerprint density at radius 1 is 0.853 bits per heavy atom. The van der Waals surface area contributed by atoms with Crippen LogP contribution in [0.2, 0.25) is 0 Å². The maximum atomic E-state index is 13.3. The van der Waals surface area contributed by atoms with Crippen molar-refractivity contribution in [2.45, 2.75) is 52.2 Å². The molecule has 34 heavy (non-hydrogen) atoms. The van der Waals surface area contributed by atoms with Crippen molar-refractivity contribution in [2.75, 3.05) is 27.9 Å². The average molecular weight is 473 g/mol. The third kappa shape index (κ3) is 7.57. The topological polar surface area (TPSA) is 86.3 Å². The Balaban J connectivity index is 2.25. The van der Waals surface area contributed by atoms with E-state index in [2.05, 4.69) is 5.32 Å². The molecule has 186 valence electrons. The summed E-state index contributed by atoms with van der Waals surface area (Å²) >= 11 is 0. The summed E-state index contributed by atoms with van der Waals surface area (Å²) in [6, 6.07) is 11.9. The summed E-state index contributed by atoms with van der Waals surface area (Å²) in [7, 11) is 4.69. The Morgan fingerprint density at radius 2 is 1.41 bits per heavy atom. The van der Waals surface area contributed by atoms with E-state index in [0.717, 1.165) is 17.7 Å². The molecule has 0 fully saturated rings. The maximum absolute atomic E-state index is 13.3. The average Bonchev–Trinajstić information content (AvgIpc) is 2.86. The highest BCUT2D eigenvalue weighted by Gasteiger charge is 2.29. The minimum absolute atomic E-state index is 0.0139. The molecule has 8 heteroatoms. The molecule has 0 heterocycles. The monoisotopic (exact) mass is 472 g/mol. The number of hydrogen-bond donors (Lipinski definition) is 1. The summed E-state index contributed by atoms with van der Waals surface area (Å²) < 4.78 is 21.5. The number of benzene rings is 2. The van der Waals surface area contributed by atoms with Crippen molar-refractivity contribution in [3.05, 3.63) is 48.0 Å². The Labute approximate surface area is 202 Å². The number of rotatable bonds is 13.